The molecule has 0 saturated carbocycles. The monoisotopic (exact) mass is 337 g/mol. The van der Waals surface area contributed by atoms with Crippen molar-refractivity contribution < 1.29 is 10.0 Å². The summed E-state index contributed by atoms with van der Waals surface area (Å²) in [5.41, 5.74) is 3.16. The van der Waals surface area contributed by atoms with Gasteiger partial charge in [-0.25, -0.2) is 4.68 Å². The van der Waals surface area contributed by atoms with Gasteiger partial charge in [0.05, 0.1) is 27.7 Å². The molecule has 0 spiro atoms. The van der Waals surface area contributed by atoms with Crippen LogP contribution in [0.4, 0.5) is 17.1 Å². The number of hydrogen-bond donors (Lipinski definition) is 1. The van der Waals surface area contributed by atoms with E-state index in [-0.39, 0.29) is 11.4 Å². The Morgan fingerprint density at radius 1 is 1.12 bits per heavy atom. The standard InChI is InChI=1S/C17H15N5O3/c1-11-17(19-18-13-6-8-16(23)9-7-13)12(2)21(20-11)14-4-3-5-15(10-14)22(24)25/h3-10,23H,1-2H3. The fourth-order valence-electron chi connectivity index (χ4n) is 2.40. The van der Waals surface area contributed by atoms with Crippen LogP contribution in [0, 0.1) is 24.0 Å². The maximum Gasteiger partial charge on any atom is 0.271 e. The smallest absolute Gasteiger partial charge is 0.271 e. The van der Waals surface area contributed by atoms with Gasteiger partial charge in [-0.05, 0) is 44.2 Å². The molecule has 0 aliphatic rings. The summed E-state index contributed by atoms with van der Waals surface area (Å²) in [6.07, 6.45) is 0. The van der Waals surface area contributed by atoms with Gasteiger partial charge in [0.2, 0.25) is 0 Å². The fourth-order valence-corrected chi connectivity index (χ4v) is 2.40. The zero-order valence-electron chi connectivity index (χ0n) is 13.6. The Balaban J connectivity index is 1.97. The van der Waals surface area contributed by atoms with Gasteiger partial charge in [-0.2, -0.15) is 10.2 Å². The van der Waals surface area contributed by atoms with E-state index >= 15 is 0 Å². The summed E-state index contributed by atoms with van der Waals surface area (Å²) in [6, 6.07) is 12.6. The van der Waals surface area contributed by atoms with Crippen LogP contribution in [0.15, 0.2) is 58.8 Å². The Labute approximate surface area is 143 Å². The van der Waals surface area contributed by atoms with Gasteiger partial charge in [0.25, 0.3) is 5.69 Å². The molecule has 8 heteroatoms. The highest BCUT2D eigenvalue weighted by Crippen LogP contribution is 2.29. The summed E-state index contributed by atoms with van der Waals surface area (Å²) in [4.78, 5) is 10.5. The van der Waals surface area contributed by atoms with E-state index in [1.807, 2.05) is 6.92 Å². The highest BCUT2D eigenvalue weighted by Gasteiger charge is 2.14. The topological polar surface area (TPSA) is 106 Å². The Kier molecular flexibility index (Phi) is 4.25. The van der Waals surface area contributed by atoms with E-state index in [4.69, 9.17) is 0 Å². The number of phenolic OH excluding ortho intramolecular Hbond substituents is 1. The SMILES string of the molecule is Cc1nn(-c2cccc([N+](=O)[O-])c2)c(C)c1N=Nc1ccc(O)cc1. The highest BCUT2D eigenvalue weighted by molar-refractivity contribution is 5.52. The van der Waals surface area contributed by atoms with Crippen LogP contribution in [-0.2, 0) is 0 Å². The average Bonchev–Trinajstić information content (AvgIpc) is 2.89. The van der Waals surface area contributed by atoms with Gasteiger partial charge in [-0.15, -0.1) is 5.11 Å². The number of nitro groups is 1. The third-order valence-electron chi connectivity index (χ3n) is 3.65. The maximum atomic E-state index is 10.9. The van der Waals surface area contributed by atoms with Gasteiger partial charge in [0, 0.05) is 12.1 Å². The second kappa shape index (κ2) is 6.52. The van der Waals surface area contributed by atoms with Crippen LogP contribution in [0.25, 0.3) is 5.69 Å². The second-order valence-corrected chi connectivity index (χ2v) is 5.42. The van der Waals surface area contributed by atoms with Gasteiger partial charge in [-0.1, -0.05) is 6.07 Å². The molecule has 0 fully saturated rings. The number of phenols is 1. The predicted molar refractivity (Wildman–Crippen MR) is 92.0 cm³/mol. The van der Waals surface area contributed by atoms with Crippen molar-refractivity contribution in [2.45, 2.75) is 13.8 Å². The zero-order chi connectivity index (χ0) is 18.0. The van der Waals surface area contributed by atoms with Crippen LogP contribution in [0.2, 0.25) is 0 Å². The van der Waals surface area contributed by atoms with Crippen molar-refractivity contribution in [3.63, 3.8) is 0 Å². The lowest BCUT2D eigenvalue weighted by Crippen LogP contribution is -1.99. The van der Waals surface area contributed by atoms with Crippen molar-refractivity contribution in [2.75, 3.05) is 0 Å². The van der Waals surface area contributed by atoms with E-state index in [1.54, 1.807) is 35.9 Å². The molecule has 8 nitrogen and oxygen atoms in total. The first-order valence-corrected chi connectivity index (χ1v) is 7.47. The lowest BCUT2D eigenvalue weighted by Gasteiger charge is -2.03. The van der Waals surface area contributed by atoms with E-state index in [2.05, 4.69) is 15.3 Å². The van der Waals surface area contributed by atoms with Gasteiger partial charge in [0.1, 0.15) is 11.4 Å². The molecule has 3 rings (SSSR count). The van der Waals surface area contributed by atoms with Crippen molar-refractivity contribution in [2.24, 2.45) is 10.2 Å². The average molecular weight is 337 g/mol. The summed E-state index contributed by atoms with van der Waals surface area (Å²) in [5.74, 6) is 0.157. The summed E-state index contributed by atoms with van der Waals surface area (Å²) in [6.45, 7) is 3.62. The number of azo groups is 1. The Morgan fingerprint density at radius 3 is 2.52 bits per heavy atom. The minimum atomic E-state index is -0.444. The number of rotatable bonds is 4. The molecule has 126 valence electrons. The van der Waals surface area contributed by atoms with Crippen molar-refractivity contribution in [3.8, 4) is 11.4 Å². The maximum absolute atomic E-state index is 10.9. The van der Waals surface area contributed by atoms with Crippen molar-refractivity contribution in [3.05, 3.63) is 70.0 Å². The third kappa shape index (κ3) is 3.37. The van der Waals surface area contributed by atoms with Crippen LogP contribution >= 0.6 is 0 Å². The Morgan fingerprint density at radius 2 is 1.84 bits per heavy atom. The Bertz CT molecular complexity index is 961. The first-order valence-electron chi connectivity index (χ1n) is 7.47. The number of nitrogens with zero attached hydrogens (tertiary/aromatic N) is 5. The summed E-state index contributed by atoms with van der Waals surface area (Å²) >= 11 is 0. The van der Waals surface area contributed by atoms with E-state index in [0.717, 1.165) is 5.69 Å². The van der Waals surface area contributed by atoms with Crippen molar-refractivity contribution in [1.29, 1.82) is 0 Å². The molecule has 0 amide bonds. The molecule has 1 aromatic heterocycles. The van der Waals surface area contributed by atoms with E-state index in [0.29, 0.717) is 22.8 Å². The van der Waals surface area contributed by atoms with Gasteiger partial charge >= 0.3 is 0 Å². The van der Waals surface area contributed by atoms with Crippen LogP contribution in [-0.4, -0.2) is 19.8 Å². The minimum absolute atomic E-state index is 0.00248. The summed E-state index contributed by atoms with van der Waals surface area (Å²) in [5, 5.41) is 33.0. The number of non-ortho nitro benzene ring substituents is 1. The Hall–Kier alpha value is -3.55. The van der Waals surface area contributed by atoms with E-state index < -0.39 is 4.92 Å². The van der Waals surface area contributed by atoms with Crippen molar-refractivity contribution >= 4 is 17.1 Å². The van der Waals surface area contributed by atoms with E-state index in [9.17, 15) is 15.2 Å². The first kappa shape index (κ1) is 16.3. The number of aryl methyl sites for hydroxylation is 1. The van der Waals surface area contributed by atoms with Crippen LogP contribution in [0.3, 0.4) is 0 Å². The molecular weight excluding hydrogens is 322 g/mol. The lowest BCUT2D eigenvalue weighted by molar-refractivity contribution is -0.384. The number of hydrogen-bond acceptors (Lipinski definition) is 6. The van der Waals surface area contributed by atoms with Crippen LogP contribution < -0.4 is 0 Å². The summed E-state index contributed by atoms with van der Waals surface area (Å²) < 4.78 is 1.60. The molecule has 0 aliphatic heterocycles. The van der Waals surface area contributed by atoms with Gasteiger partial charge in [0.15, 0.2) is 0 Å². The molecule has 0 unspecified atom stereocenters. The zero-order valence-corrected chi connectivity index (χ0v) is 13.6. The molecule has 2 aromatic carbocycles. The normalized spacial score (nSPS) is 11.1. The molecule has 0 bridgehead atoms. The van der Waals surface area contributed by atoms with Gasteiger partial charge < -0.3 is 5.11 Å². The third-order valence-corrected chi connectivity index (χ3v) is 3.65. The number of nitro benzene ring substituents is 1. The number of benzene rings is 2. The highest BCUT2D eigenvalue weighted by atomic mass is 16.6. The molecular formula is C17H15N5O3. The van der Waals surface area contributed by atoms with Gasteiger partial charge in [-0.3, -0.25) is 10.1 Å². The van der Waals surface area contributed by atoms with Crippen molar-refractivity contribution in [1.82, 2.24) is 9.78 Å². The molecule has 0 saturated heterocycles. The summed E-state index contributed by atoms with van der Waals surface area (Å²) in [7, 11) is 0. The lowest BCUT2D eigenvalue weighted by atomic mass is 10.2. The molecule has 25 heavy (non-hydrogen) atoms. The van der Waals surface area contributed by atoms with E-state index in [1.165, 1.54) is 24.3 Å². The molecule has 0 atom stereocenters. The molecule has 1 heterocycles. The number of aromatic nitrogens is 2. The molecule has 0 radical (unpaired) electrons. The quantitative estimate of drug-likeness (QED) is 0.429. The first-order chi connectivity index (χ1) is 12.0. The molecule has 0 aliphatic carbocycles. The largest absolute Gasteiger partial charge is 0.508 e. The van der Waals surface area contributed by atoms with Crippen LogP contribution in [0.5, 0.6) is 5.75 Å². The minimum Gasteiger partial charge on any atom is -0.508 e. The van der Waals surface area contributed by atoms with Crippen LogP contribution in [0.1, 0.15) is 11.4 Å². The molecule has 1 N–H and O–H groups in total. The molecule has 3 aromatic rings. The second-order valence-electron chi connectivity index (χ2n) is 5.42. The fraction of sp³-hybridized carbons (Fsp3) is 0.118. The predicted octanol–water partition coefficient (Wildman–Crippen LogP) is 4.52. The number of aromatic hydroxyl groups is 1.